The quantitative estimate of drug-likeness (QED) is 0.0576. The van der Waals surface area contributed by atoms with E-state index in [0.29, 0.717) is 46.5 Å². The third-order valence-corrected chi connectivity index (χ3v) is 10.5. The van der Waals surface area contributed by atoms with E-state index in [-0.39, 0.29) is 17.9 Å². The molecule has 0 fully saturated rings. The molecule has 6 nitrogen and oxygen atoms in total. The van der Waals surface area contributed by atoms with Gasteiger partial charge in [0.15, 0.2) is 0 Å². The van der Waals surface area contributed by atoms with Crippen molar-refractivity contribution in [1.82, 2.24) is 4.90 Å². The lowest BCUT2D eigenvalue weighted by Gasteiger charge is -2.33. The fourth-order valence-electron chi connectivity index (χ4n) is 7.83. The van der Waals surface area contributed by atoms with Gasteiger partial charge < -0.3 is 11.5 Å². The Balaban J connectivity index is 1.65. The van der Waals surface area contributed by atoms with E-state index in [1.54, 1.807) is 0 Å². The third-order valence-electron chi connectivity index (χ3n) is 10.5. The Morgan fingerprint density at radius 2 is 1.29 bits per heavy atom. The maximum Gasteiger partial charge on any atom is 0.261 e. The second-order valence-corrected chi connectivity index (χ2v) is 13.0. The number of anilines is 1. The molecule has 6 aromatic rings. The van der Waals surface area contributed by atoms with Gasteiger partial charge in [-0.25, -0.2) is 0 Å². The Morgan fingerprint density at radius 1 is 0.688 bits per heavy atom. The van der Waals surface area contributed by atoms with Gasteiger partial charge in [-0.05, 0) is 112 Å². The van der Waals surface area contributed by atoms with Crippen LogP contribution in [0.2, 0.25) is 0 Å². The number of hydrogen-bond donors (Lipinski definition) is 2. The van der Waals surface area contributed by atoms with Gasteiger partial charge in [0.1, 0.15) is 0 Å². The van der Waals surface area contributed by atoms with Gasteiger partial charge in [-0.3, -0.25) is 19.3 Å². The fourth-order valence-corrected chi connectivity index (χ4v) is 7.83. The van der Waals surface area contributed by atoms with Crippen molar-refractivity contribution >= 4 is 66.5 Å². The minimum atomic E-state index is -0.479. The third kappa shape index (κ3) is 4.68. The maximum atomic E-state index is 14.0. The Hall–Kier alpha value is -5.41. The van der Waals surface area contributed by atoms with Crippen molar-refractivity contribution in [3.8, 4) is 11.8 Å². The summed E-state index contributed by atoms with van der Waals surface area (Å²) in [6.07, 6.45) is 4.16. The number of imide groups is 1. The van der Waals surface area contributed by atoms with Gasteiger partial charge in [-0.2, -0.15) is 0 Å². The van der Waals surface area contributed by atoms with E-state index in [9.17, 15) is 14.4 Å². The molecule has 0 radical (unpaired) electrons. The van der Waals surface area contributed by atoms with Crippen LogP contribution in [0, 0.1) is 17.8 Å². The first-order chi connectivity index (χ1) is 23.2. The number of hydrogen-bond acceptors (Lipinski definition) is 4. The molecule has 0 spiro atoms. The average Bonchev–Trinajstić information content (AvgIpc) is 3.10. The number of benzene rings is 6. The van der Waals surface area contributed by atoms with Gasteiger partial charge in [-0.15, -0.1) is 0 Å². The second-order valence-electron chi connectivity index (χ2n) is 13.0. The van der Waals surface area contributed by atoms with Crippen LogP contribution in [0.15, 0.2) is 66.7 Å². The summed E-state index contributed by atoms with van der Waals surface area (Å²) >= 11 is 0. The number of fused-ring (bicyclic) bond motifs is 2. The molecule has 0 atom stereocenters. The smallest absolute Gasteiger partial charge is 0.261 e. The zero-order valence-electron chi connectivity index (χ0n) is 27.9. The topological polar surface area (TPSA) is 106 Å². The summed E-state index contributed by atoms with van der Waals surface area (Å²) in [5.74, 6) is 6.26. The zero-order valence-corrected chi connectivity index (χ0v) is 27.9. The number of nitrogen functional groups attached to an aromatic ring is 1. The van der Waals surface area contributed by atoms with Gasteiger partial charge in [0.2, 0.25) is 5.91 Å². The van der Waals surface area contributed by atoms with E-state index in [4.69, 9.17) is 11.5 Å². The summed E-state index contributed by atoms with van der Waals surface area (Å²) in [5.41, 5.74) is 16.9. The maximum absolute atomic E-state index is 14.0. The van der Waals surface area contributed by atoms with Crippen LogP contribution in [-0.4, -0.2) is 28.7 Å². The van der Waals surface area contributed by atoms with Crippen molar-refractivity contribution in [3.63, 3.8) is 0 Å². The molecule has 0 saturated heterocycles. The van der Waals surface area contributed by atoms with Crippen LogP contribution in [0.5, 0.6) is 0 Å². The van der Waals surface area contributed by atoms with E-state index in [2.05, 4.69) is 31.8 Å². The highest BCUT2D eigenvalue weighted by Gasteiger charge is 2.37. The van der Waals surface area contributed by atoms with Crippen molar-refractivity contribution < 1.29 is 14.4 Å². The average molecular weight is 634 g/mol. The number of nitrogens with zero attached hydrogens (tertiary/aromatic N) is 1. The van der Waals surface area contributed by atoms with E-state index >= 15 is 0 Å². The highest BCUT2D eigenvalue weighted by atomic mass is 16.2. The van der Waals surface area contributed by atoms with Gasteiger partial charge in [0, 0.05) is 50.3 Å². The number of nitrogens with two attached hydrogens (primary N) is 2. The van der Waals surface area contributed by atoms with Crippen LogP contribution in [0.25, 0.3) is 43.1 Å². The van der Waals surface area contributed by atoms with Crippen LogP contribution in [0.1, 0.15) is 101 Å². The largest absolute Gasteiger partial charge is 0.399 e. The van der Waals surface area contributed by atoms with E-state index in [1.807, 2.05) is 74.5 Å². The molecule has 0 saturated carbocycles. The highest BCUT2D eigenvalue weighted by Crippen LogP contribution is 2.47. The molecular weight excluding hydrogens is 594 g/mol. The Bertz CT molecular complexity index is 2330. The Labute approximate surface area is 280 Å². The summed E-state index contributed by atoms with van der Waals surface area (Å²) in [4.78, 5) is 42.5. The van der Waals surface area contributed by atoms with Crippen LogP contribution in [-0.2, 0) is 6.42 Å². The number of primary amides is 1. The molecule has 0 aromatic heterocycles. The molecule has 0 aliphatic carbocycles. The molecule has 4 N–H and O–H groups in total. The molecule has 48 heavy (non-hydrogen) atoms. The van der Waals surface area contributed by atoms with Crippen LogP contribution in [0.3, 0.4) is 0 Å². The molecule has 7 rings (SSSR count). The normalized spacial score (nSPS) is 13.1. The molecule has 3 amide bonds. The molecule has 0 bridgehead atoms. The minimum Gasteiger partial charge on any atom is -0.399 e. The summed E-state index contributed by atoms with van der Waals surface area (Å²) < 4.78 is 0. The second kappa shape index (κ2) is 12.0. The standard InChI is InChI=1S/C42H39N3O3/c1-5-23(6-2)21-26-22-25(12-9-24-10-13-27(43)14-11-24)35-31-17-20-34-38-33(41(47)45(42(34)48)28(7-3)8-4)19-16-29(37(31)38)30-15-18-32(40(44)46)36(26)39(30)35/h10-11,13-20,22-23,28H,5-8,21,43H2,1-4H3,(H2,44,46). The summed E-state index contributed by atoms with van der Waals surface area (Å²) in [6, 6.07) is 20.9. The first kappa shape index (κ1) is 31.2. The predicted octanol–water partition coefficient (Wildman–Crippen LogP) is 8.58. The Morgan fingerprint density at radius 3 is 1.90 bits per heavy atom. The Kier molecular flexibility index (Phi) is 7.80. The fraction of sp³-hybridized carbons (Fsp3) is 0.262. The van der Waals surface area contributed by atoms with Crippen LogP contribution >= 0.6 is 0 Å². The van der Waals surface area contributed by atoms with E-state index in [1.165, 1.54) is 4.90 Å². The predicted molar refractivity (Wildman–Crippen MR) is 196 cm³/mol. The molecule has 1 aliphatic heterocycles. The monoisotopic (exact) mass is 633 g/mol. The molecule has 1 aliphatic rings. The van der Waals surface area contributed by atoms with Gasteiger partial charge >= 0.3 is 0 Å². The van der Waals surface area contributed by atoms with Gasteiger partial charge in [0.25, 0.3) is 11.8 Å². The lowest BCUT2D eigenvalue weighted by atomic mass is 9.80. The molecule has 0 unspecified atom stereocenters. The van der Waals surface area contributed by atoms with E-state index in [0.717, 1.165) is 73.7 Å². The van der Waals surface area contributed by atoms with Crippen LogP contribution in [0.4, 0.5) is 5.69 Å². The summed E-state index contributed by atoms with van der Waals surface area (Å²) in [6.45, 7) is 8.40. The zero-order chi connectivity index (χ0) is 33.9. The van der Waals surface area contributed by atoms with Crippen molar-refractivity contribution in [2.75, 3.05) is 5.73 Å². The lowest BCUT2D eigenvalue weighted by molar-refractivity contribution is 0.0530. The van der Waals surface area contributed by atoms with Crippen molar-refractivity contribution in [3.05, 3.63) is 100 Å². The van der Waals surface area contributed by atoms with Crippen molar-refractivity contribution in [1.29, 1.82) is 0 Å². The van der Waals surface area contributed by atoms with Gasteiger partial charge in [-0.1, -0.05) is 70.6 Å². The first-order valence-corrected chi connectivity index (χ1v) is 17.0. The number of carbonyl (C=O) groups is 3. The van der Waals surface area contributed by atoms with Crippen molar-refractivity contribution in [2.45, 2.75) is 65.8 Å². The van der Waals surface area contributed by atoms with Crippen molar-refractivity contribution in [2.24, 2.45) is 11.7 Å². The summed E-state index contributed by atoms with van der Waals surface area (Å²) in [7, 11) is 0. The molecular formula is C42H39N3O3. The minimum absolute atomic E-state index is 0.175. The van der Waals surface area contributed by atoms with Gasteiger partial charge in [0.05, 0.1) is 0 Å². The van der Waals surface area contributed by atoms with Crippen LogP contribution < -0.4 is 11.5 Å². The number of amides is 3. The first-order valence-electron chi connectivity index (χ1n) is 17.0. The lowest BCUT2D eigenvalue weighted by Crippen LogP contribution is -2.46. The molecule has 240 valence electrons. The molecule has 1 heterocycles. The summed E-state index contributed by atoms with van der Waals surface area (Å²) in [5, 5.41) is 6.96. The molecule has 6 heteroatoms. The molecule has 6 aromatic carbocycles. The number of carbonyl (C=O) groups excluding carboxylic acids is 3. The number of rotatable bonds is 8. The van der Waals surface area contributed by atoms with E-state index < -0.39 is 5.91 Å². The SMILES string of the molecule is CCC(CC)Cc1cc(C#Cc2ccc(N)cc2)c2c3ccc4c5c(ccc(c6ccc(C(N)=O)c1c62)c53)C(=O)N(C(CC)CC)C4=O. The highest BCUT2D eigenvalue weighted by molar-refractivity contribution is 6.40.